The van der Waals surface area contributed by atoms with E-state index in [1.807, 2.05) is 0 Å². The second-order valence-corrected chi connectivity index (χ2v) is 5.73. The highest BCUT2D eigenvalue weighted by atomic mass is 79.9. The third kappa shape index (κ3) is 3.24. The van der Waals surface area contributed by atoms with Gasteiger partial charge in [-0.05, 0) is 24.6 Å². The van der Waals surface area contributed by atoms with E-state index in [4.69, 9.17) is 19.9 Å². The predicted molar refractivity (Wildman–Crippen MR) is 85.9 cm³/mol. The van der Waals surface area contributed by atoms with Gasteiger partial charge in [-0.1, -0.05) is 28.1 Å². The van der Waals surface area contributed by atoms with Gasteiger partial charge in [-0.15, -0.1) is 0 Å². The number of nitrogens with two attached hydrogens (primary N) is 1. The molecule has 0 aromatic heterocycles. The maximum atomic E-state index is 12.2. The lowest BCUT2D eigenvalue weighted by atomic mass is 9.82. The fourth-order valence-corrected chi connectivity index (χ4v) is 2.72. The summed E-state index contributed by atoms with van der Waals surface area (Å²) in [5.41, 5.74) is 6.85. The number of halogens is 1. The number of benzene rings is 1. The van der Waals surface area contributed by atoms with Crippen LogP contribution in [0.15, 0.2) is 51.5 Å². The first-order chi connectivity index (χ1) is 10.9. The highest BCUT2D eigenvalue weighted by Crippen LogP contribution is 2.40. The van der Waals surface area contributed by atoms with Gasteiger partial charge < -0.3 is 19.9 Å². The zero-order valence-electron chi connectivity index (χ0n) is 12.9. The van der Waals surface area contributed by atoms with Crippen LogP contribution in [0.3, 0.4) is 0 Å². The van der Waals surface area contributed by atoms with Crippen molar-refractivity contribution in [1.82, 2.24) is 0 Å². The highest BCUT2D eigenvalue weighted by molar-refractivity contribution is 9.10. The summed E-state index contributed by atoms with van der Waals surface area (Å²) in [6.45, 7) is 1.60. The fourth-order valence-electron chi connectivity index (χ4n) is 2.45. The highest BCUT2D eigenvalue weighted by Gasteiger charge is 2.39. The third-order valence-corrected chi connectivity index (χ3v) is 4.03. The van der Waals surface area contributed by atoms with Gasteiger partial charge in [0.1, 0.15) is 11.3 Å². The molecule has 0 spiro atoms. The van der Waals surface area contributed by atoms with Gasteiger partial charge in [0, 0.05) is 4.47 Å². The molecule has 0 bridgehead atoms. The lowest BCUT2D eigenvalue weighted by Crippen LogP contribution is -2.29. The second-order valence-electron chi connectivity index (χ2n) is 4.82. The van der Waals surface area contributed by atoms with E-state index in [0.29, 0.717) is 5.56 Å². The molecule has 6 nitrogen and oxygen atoms in total. The Labute approximate surface area is 142 Å². The molecule has 0 radical (unpaired) electrons. The lowest BCUT2D eigenvalue weighted by Gasteiger charge is -2.28. The van der Waals surface area contributed by atoms with Gasteiger partial charge in [-0.25, -0.2) is 9.59 Å². The van der Waals surface area contributed by atoms with E-state index in [1.54, 1.807) is 31.2 Å². The van der Waals surface area contributed by atoms with Crippen LogP contribution in [0.25, 0.3) is 0 Å². The molecular formula is C16H16BrNO5. The molecular weight excluding hydrogens is 366 g/mol. The minimum atomic E-state index is -0.725. The summed E-state index contributed by atoms with van der Waals surface area (Å²) in [6, 6.07) is 7.18. The predicted octanol–water partition coefficient (Wildman–Crippen LogP) is 2.35. The normalized spacial score (nSPS) is 17.7. The molecule has 2 rings (SSSR count). The molecule has 122 valence electrons. The van der Waals surface area contributed by atoms with Crippen LogP contribution in [0.1, 0.15) is 18.4 Å². The van der Waals surface area contributed by atoms with Gasteiger partial charge in [0.15, 0.2) is 0 Å². The van der Waals surface area contributed by atoms with Crippen LogP contribution in [0.2, 0.25) is 0 Å². The van der Waals surface area contributed by atoms with Crippen LogP contribution >= 0.6 is 15.9 Å². The summed E-state index contributed by atoms with van der Waals surface area (Å²) in [6.07, 6.45) is 0. The summed E-state index contributed by atoms with van der Waals surface area (Å²) in [7, 11) is 2.50. The quantitative estimate of drug-likeness (QED) is 0.808. The topological polar surface area (TPSA) is 87.9 Å². The molecule has 1 heterocycles. The van der Waals surface area contributed by atoms with Crippen molar-refractivity contribution >= 4 is 27.9 Å². The average Bonchev–Trinajstić information content (AvgIpc) is 2.53. The summed E-state index contributed by atoms with van der Waals surface area (Å²) in [5.74, 6) is -1.78. The fraction of sp³-hybridized carbons (Fsp3) is 0.250. The van der Waals surface area contributed by atoms with Gasteiger partial charge in [-0.2, -0.15) is 0 Å². The van der Waals surface area contributed by atoms with Crippen molar-refractivity contribution < 1.29 is 23.8 Å². The van der Waals surface area contributed by atoms with E-state index < -0.39 is 17.9 Å². The third-order valence-electron chi connectivity index (χ3n) is 3.50. The Morgan fingerprint density at radius 2 is 1.61 bits per heavy atom. The molecule has 7 heteroatoms. The van der Waals surface area contributed by atoms with Crippen molar-refractivity contribution in [1.29, 1.82) is 0 Å². The number of hydrogen-bond donors (Lipinski definition) is 1. The second kappa shape index (κ2) is 6.87. The standard InChI is InChI=1S/C16H16BrNO5/c1-8-11(15(19)21-2)12(9-4-6-10(17)7-5-9)13(14(18)23-8)16(20)22-3/h4-7,12H,18H2,1-3H3. The van der Waals surface area contributed by atoms with Crippen molar-refractivity contribution in [3.63, 3.8) is 0 Å². The Morgan fingerprint density at radius 1 is 1.09 bits per heavy atom. The van der Waals surface area contributed by atoms with Crippen molar-refractivity contribution in [2.75, 3.05) is 14.2 Å². The molecule has 2 N–H and O–H groups in total. The molecule has 0 amide bonds. The van der Waals surface area contributed by atoms with Crippen molar-refractivity contribution in [2.45, 2.75) is 12.8 Å². The van der Waals surface area contributed by atoms with Crippen LogP contribution in [0.5, 0.6) is 0 Å². The lowest BCUT2D eigenvalue weighted by molar-refractivity contribution is -0.137. The van der Waals surface area contributed by atoms with E-state index in [9.17, 15) is 9.59 Å². The summed E-state index contributed by atoms with van der Waals surface area (Å²) < 4.78 is 15.8. The van der Waals surface area contributed by atoms with Crippen LogP contribution in [-0.4, -0.2) is 26.2 Å². The van der Waals surface area contributed by atoms with Crippen molar-refractivity contribution in [2.24, 2.45) is 5.73 Å². The number of esters is 2. The Bertz CT molecular complexity index is 668. The zero-order valence-corrected chi connectivity index (χ0v) is 14.5. The Morgan fingerprint density at radius 3 is 2.13 bits per heavy atom. The van der Waals surface area contributed by atoms with E-state index in [-0.39, 0.29) is 22.8 Å². The molecule has 1 aromatic rings. The number of carbonyl (C=O) groups excluding carboxylic acids is 2. The van der Waals surface area contributed by atoms with Crippen LogP contribution in [0, 0.1) is 0 Å². The number of carbonyl (C=O) groups is 2. The van der Waals surface area contributed by atoms with E-state index in [0.717, 1.165) is 4.47 Å². The molecule has 0 fully saturated rings. The number of rotatable bonds is 3. The van der Waals surface area contributed by atoms with Crippen LogP contribution in [-0.2, 0) is 23.8 Å². The molecule has 1 unspecified atom stereocenters. The van der Waals surface area contributed by atoms with Gasteiger partial charge in [0.25, 0.3) is 0 Å². The number of methoxy groups -OCH3 is 2. The monoisotopic (exact) mass is 381 g/mol. The number of hydrogen-bond acceptors (Lipinski definition) is 6. The maximum Gasteiger partial charge on any atom is 0.340 e. The van der Waals surface area contributed by atoms with Crippen LogP contribution < -0.4 is 5.73 Å². The molecule has 0 saturated heterocycles. The largest absolute Gasteiger partial charge is 0.466 e. The van der Waals surface area contributed by atoms with Crippen LogP contribution in [0.4, 0.5) is 0 Å². The van der Waals surface area contributed by atoms with E-state index in [2.05, 4.69) is 15.9 Å². The van der Waals surface area contributed by atoms with Crippen molar-refractivity contribution in [3.05, 3.63) is 57.1 Å². The van der Waals surface area contributed by atoms with E-state index >= 15 is 0 Å². The molecule has 0 aliphatic carbocycles. The summed E-state index contributed by atoms with van der Waals surface area (Å²) in [5, 5.41) is 0. The van der Waals surface area contributed by atoms with Gasteiger partial charge in [0.2, 0.25) is 5.88 Å². The van der Waals surface area contributed by atoms with Gasteiger partial charge in [-0.3, -0.25) is 0 Å². The Hall–Kier alpha value is -2.28. The Balaban J connectivity index is 2.66. The Kier molecular flexibility index (Phi) is 5.10. The first-order valence-corrected chi connectivity index (χ1v) is 7.50. The molecule has 23 heavy (non-hydrogen) atoms. The molecule has 0 saturated carbocycles. The molecule has 1 aliphatic rings. The van der Waals surface area contributed by atoms with Gasteiger partial charge in [0.05, 0.1) is 25.7 Å². The maximum absolute atomic E-state index is 12.2. The summed E-state index contributed by atoms with van der Waals surface area (Å²) in [4.78, 5) is 24.4. The average molecular weight is 382 g/mol. The smallest absolute Gasteiger partial charge is 0.340 e. The molecule has 1 atom stereocenters. The first kappa shape index (κ1) is 17.1. The number of ether oxygens (including phenoxy) is 3. The molecule has 1 aromatic carbocycles. The zero-order chi connectivity index (χ0) is 17.1. The van der Waals surface area contributed by atoms with Crippen molar-refractivity contribution in [3.8, 4) is 0 Å². The van der Waals surface area contributed by atoms with Gasteiger partial charge >= 0.3 is 11.9 Å². The minimum absolute atomic E-state index is 0.0702. The SMILES string of the molecule is COC(=O)C1=C(C)OC(N)=C(C(=O)OC)C1c1ccc(Br)cc1. The molecule has 1 aliphatic heterocycles. The van der Waals surface area contributed by atoms with E-state index in [1.165, 1.54) is 14.2 Å². The first-order valence-electron chi connectivity index (χ1n) is 6.71. The summed E-state index contributed by atoms with van der Waals surface area (Å²) >= 11 is 3.35. The number of allylic oxidation sites excluding steroid dienone is 1. The minimum Gasteiger partial charge on any atom is -0.466 e.